The molecular formula is C45H46N2O6S. The summed E-state index contributed by atoms with van der Waals surface area (Å²) in [5, 5.41) is 16.0. The van der Waals surface area contributed by atoms with Gasteiger partial charge in [-0.1, -0.05) is 152 Å². The van der Waals surface area contributed by atoms with Crippen molar-refractivity contribution in [1.82, 2.24) is 10.0 Å². The minimum absolute atomic E-state index is 0.218. The van der Waals surface area contributed by atoms with Gasteiger partial charge in [0.15, 0.2) is 0 Å². The Morgan fingerprint density at radius 1 is 0.574 bits per heavy atom. The largest absolute Gasteiger partial charge is 0.374 e. The molecule has 6 atom stereocenters. The zero-order valence-electron chi connectivity index (χ0n) is 30.1. The third kappa shape index (κ3) is 10.4. The summed E-state index contributed by atoms with van der Waals surface area (Å²) in [6.07, 6.45) is -1.50. The van der Waals surface area contributed by atoms with Crippen molar-refractivity contribution in [3.8, 4) is 0 Å². The molecule has 1 aromatic heterocycles. The van der Waals surface area contributed by atoms with E-state index in [0.717, 1.165) is 27.8 Å². The Bertz CT molecular complexity index is 1910. The number of aromatic nitrogens is 1. The van der Waals surface area contributed by atoms with Crippen molar-refractivity contribution in [3.05, 3.63) is 196 Å². The van der Waals surface area contributed by atoms with Crippen LogP contribution < -0.4 is 0 Å². The molecule has 1 aliphatic rings. The van der Waals surface area contributed by atoms with E-state index in [1.54, 1.807) is 6.20 Å². The maximum atomic E-state index is 12.1. The second-order valence-corrected chi connectivity index (χ2v) is 14.2. The maximum Gasteiger partial charge on any atom is 0.116 e. The fourth-order valence-corrected chi connectivity index (χ4v) is 7.54. The van der Waals surface area contributed by atoms with Gasteiger partial charge in [-0.05, 0) is 27.8 Å². The molecule has 2 heterocycles. The topological polar surface area (TPSA) is 82.5 Å². The van der Waals surface area contributed by atoms with E-state index in [0.29, 0.717) is 31.4 Å². The van der Waals surface area contributed by atoms with Gasteiger partial charge in [0.1, 0.15) is 41.6 Å². The highest BCUT2D eigenvalue weighted by Crippen LogP contribution is 2.39. The van der Waals surface area contributed by atoms with Gasteiger partial charge < -0.3 is 28.9 Å². The lowest BCUT2D eigenvalue weighted by molar-refractivity contribution is -0.298. The lowest BCUT2D eigenvalue weighted by atomic mass is 9.90. The van der Waals surface area contributed by atoms with Crippen molar-refractivity contribution >= 4 is 11.3 Å². The molecule has 0 radical (unpaired) electrons. The molecule has 54 heavy (non-hydrogen) atoms. The summed E-state index contributed by atoms with van der Waals surface area (Å²) in [6.45, 7) is 1.82. The Morgan fingerprint density at radius 2 is 1.02 bits per heavy atom. The number of hydroxylamine groups is 2. The SMILES string of the molecule is ON(Cc1ccccc1)[C@@H](c1nccs1)[C@@H]1O[C@H](COCc2ccccc2)[C@H](OCc2ccccc2)[C@H](OCc2ccccc2)[C@H]1OCc1ccccc1. The molecule has 0 bridgehead atoms. The van der Waals surface area contributed by atoms with Crippen LogP contribution in [-0.2, 0) is 56.7 Å². The minimum Gasteiger partial charge on any atom is -0.374 e. The number of ether oxygens (including phenoxy) is 5. The van der Waals surface area contributed by atoms with Gasteiger partial charge in [-0.2, -0.15) is 5.06 Å². The molecule has 7 rings (SSSR count). The number of rotatable bonds is 18. The van der Waals surface area contributed by atoms with E-state index in [1.165, 1.54) is 16.4 Å². The second kappa shape index (κ2) is 19.7. The highest BCUT2D eigenvalue weighted by atomic mass is 32.1. The fourth-order valence-electron chi connectivity index (χ4n) is 6.77. The molecule has 1 saturated heterocycles. The summed E-state index contributed by atoms with van der Waals surface area (Å²) < 4.78 is 34.3. The first-order valence-electron chi connectivity index (χ1n) is 18.3. The molecule has 0 spiro atoms. The number of thiazole rings is 1. The van der Waals surface area contributed by atoms with E-state index in [1.807, 2.05) is 157 Å². The molecule has 6 aromatic rings. The summed E-state index contributed by atoms with van der Waals surface area (Å²) in [5.41, 5.74) is 5.05. The molecule has 1 N–H and O–H groups in total. The Kier molecular flexibility index (Phi) is 13.8. The normalized spacial score (nSPS) is 20.5. The van der Waals surface area contributed by atoms with Crippen LogP contribution in [0.2, 0.25) is 0 Å². The van der Waals surface area contributed by atoms with Gasteiger partial charge in [-0.15, -0.1) is 11.3 Å². The Morgan fingerprint density at radius 3 is 1.50 bits per heavy atom. The van der Waals surface area contributed by atoms with Crippen LogP contribution in [0.5, 0.6) is 0 Å². The smallest absolute Gasteiger partial charge is 0.116 e. The van der Waals surface area contributed by atoms with Gasteiger partial charge in [-0.3, -0.25) is 0 Å². The first kappa shape index (κ1) is 37.8. The predicted octanol–water partition coefficient (Wildman–Crippen LogP) is 8.82. The summed E-state index contributed by atoms with van der Waals surface area (Å²) >= 11 is 1.46. The molecule has 5 aromatic carbocycles. The molecule has 8 nitrogen and oxygen atoms in total. The minimum atomic E-state index is -0.740. The molecule has 0 aliphatic carbocycles. The Balaban J connectivity index is 1.28. The van der Waals surface area contributed by atoms with E-state index in [-0.39, 0.29) is 13.2 Å². The molecular weight excluding hydrogens is 697 g/mol. The van der Waals surface area contributed by atoms with Gasteiger partial charge in [0, 0.05) is 18.1 Å². The van der Waals surface area contributed by atoms with Crippen molar-refractivity contribution in [2.75, 3.05) is 6.61 Å². The molecule has 1 fully saturated rings. The average molecular weight is 743 g/mol. The lowest BCUT2D eigenvalue weighted by Crippen LogP contribution is -2.63. The summed E-state index contributed by atoms with van der Waals surface area (Å²) in [4.78, 5) is 4.73. The highest BCUT2D eigenvalue weighted by molar-refractivity contribution is 7.09. The molecule has 1 aliphatic heterocycles. The summed E-state index contributed by atoms with van der Waals surface area (Å²) in [5.74, 6) is 0. The zero-order valence-corrected chi connectivity index (χ0v) is 30.9. The Hall–Kier alpha value is -4.55. The van der Waals surface area contributed by atoms with E-state index >= 15 is 0 Å². The first-order valence-corrected chi connectivity index (χ1v) is 19.2. The quantitative estimate of drug-likeness (QED) is 0.0876. The van der Waals surface area contributed by atoms with Gasteiger partial charge in [0.05, 0.1) is 33.0 Å². The van der Waals surface area contributed by atoms with Crippen LogP contribution in [0.25, 0.3) is 0 Å². The monoisotopic (exact) mass is 742 g/mol. The third-order valence-corrected chi connectivity index (χ3v) is 10.3. The zero-order chi connectivity index (χ0) is 36.8. The van der Waals surface area contributed by atoms with Gasteiger partial charge >= 0.3 is 0 Å². The standard InChI is InChI=1S/C45H46N2O6S/c48-47(28-34-16-6-1-7-17-34)40(45-46-26-27-54-45)42-44(52-32-38-24-14-5-15-25-38)43(51-31-37-22-12-4-13-23-37)41(50-30-36-20-10-3-11-21-36)39(53-42)33-49-29-35-18-8-2-9-19-35/h1-27,39-44,48H,28-33H2/t39-,40-,41+,42+,43+,44+/m1/s1. The van der Waals surface area contributed by atoms with E-state index in [2.05, 4.69) is 0 Å². The van der Waals surface area contributed by atoms with Crippen LogP contribution >= 0.6 is 11.3 Å². The molecule has 0 unspecified atom stereocenters. The summed E-state index contributed by atoms with van der Waals surface area (Å²) in [7, 11) is 0. The van der Waals surface area contributed by atoms with Crippen molar-refractivity contribution < 1.29 is 28.9 Å². The number of nitrogens with zero attached hydrogens (tertiary/aromatic N) is 2. The van der Waals surface area contributed by atoms with Crippen LogP contribution in [0.1, 0.15) is 38.9 Å². The predicted molar refractivity (Wildman–Crippen MR) is 208 cm³/mol. The van der Waals surface area contributed by atoms with Crippen LogP contribution in [-0.4, -0.2) is 52.4 Å². The van der Waals surface area contributed by atoms with Crippen LogP contribution in [0, 0.1) is 0 Å². The van der Waals surface area contributed by atoms with Crippen LogP contribution in [0.4, 0.5) is 0 Å². The molecule has 278 valence electrons. The van der Waals surface area contributed by atoms with E-state index < -0.39 is 36.6 Å². The Labute approximate surface area is 321 Å². The number of hydrogen-bond donors (Lipinski definition) is 1. The van der Waals surface area contributed by atoms with Gasteiger partial charge in [-0.25, -0.2) is 4.98 Å². The lowest BCUT2D eigenvalue weighted by Gasteiger charge is -2.49. The number of hydrogen-bond acceptors (Lipinski definition) is 9. The van der Waals surface area contributed by atoms with Gasteiger partial charge in [0.2, 0.25) is 0 Å². The van der Waals surface area contributed by atoms with Gasteiger partial charge in [0.25, 0.3) is 0 Å². The third-order valence-electron chi connectivity index (χ3n) is 9.44. The average Bonchev–Trinajstić information content (AvgIpc) is 3.76. The first-order chi connectivity index (χ1) is 26.7. The summed E-state index contributed by atoms with van der Waals surface area (Å²) in [6, 6.07) is 49.5. The van der Waals surface area contributed by atoms with Crippen molar-refractivity contribution in [1.29, 1.82) is 0 Å². The highest BCUT2D eigenvalue weighted by Gasteiger charge is 2.52. The van der Waals surface area contributed by atoms with E-state index in [9.17, 15) is 5.21 Å². The van der Waals surface area contributed by atoms with Crippen molar-refractivity contribution in [2.24, 2.45) is 0 Å². The molecule has 9 heteroatoms. The molecule has 0 amide bonds. The molecule has 0 saturated carbocycles. The van der Waals surface area contributed by atoms with Crippen molar-refractivity contribution in [3.63, 3.8) is 0 Å². The van der Waals surface area contributed by atoms with Crippen LogP contribution in [0.15, 0.2) is 163 Å². The maximum absolute atomic E-state index is 12.1. The van der Waals surface area contributed by atoms with Crippen LogP contribution in [0.3, 0.4) is 0 Å². The fraction of sp³-hybridized carbons (Fsp3) is 0.267. The van der Waals surface area contributed by atoms with Crippen molar-refractivity contribution in [2.45, 2.75) is 69.5 Å². The number of benzene rings is 5. The second-order valence-electron chi connectivity index (χ2n) is 13.3. The van der Waals surface area contributed by atoms with E-state index in [4.69, 9.17) is 28.7 Å².